The smallest absolute Gasteiger partial charge is 0.246 e. The molecule has 1 saturated heterocycles. The minimum Gasteiger partial charge on any atom is -0.339 e. The molecule has 5 nitrogen and oxygen atoms in total. The van der Waals surface area contributed by atoms with E-state index in [0.717, 1.165) is 24.9 Å². The lowest BCUT2D eigenvalue weighted by molar-refractivity contribution is -0.127. The molecule has 2 heterocycles. The molecule has 1 amide bonds. The summed E-state index contributed by atoms with van der Waals surface area (Å²) in [7, 11) is 0. The van der Waals surface area contributed by atoms with Crippen molar-refractivity contribution in [1.82, 2.24) is 15.0 Å². The zero-order valence-electron chi connectivity index (χ0n) is 12.9. The van der Waals surface area contributed by atoms with Crippen LogP contribution in [0.1, 0.15) is 36.0 Å². The highest BCUT2D eigenvalue weighted by Crippen LogP contribution is 2.25. The maximum absolute atomic E-state index is 12.4. The van der Waals surface area contributed by atoms with Gasteiger partial charge in [-0.25, -0.2) is 0 Å². The summed E-state index contributed by atoms with van der Waals surface area (Å²) < 4.78 is 5.24. The summed E-state index contributed by atoms with van der Waals surface area (Å²) in [5, 5.41) is 4.51. The van der Waals surface area contributed by atoms with Crippen LogP contribution in [0.15, 0.2) is 34.9 Å². The topological polar surface area (TPSA) is 59.2 Å². The summed E-state index contributed by atoms with van der Waals surface area (Å²) >= 11 is 5.85. The first kappa shape index (κ1) is 15.7. The number of likely N-dealkylation sites (tertiary alicyclic amines) is 1. The minimum absolute atomic E-state index is 0.000822. The van der Waals surface area contributed by atoms with Crippen LogP contribution < -0.4 is 0 Å². The Morgan fingerprint density at radius 1 is 1.39 bits per heavy atom. The standard InChI is InChI=1S/C17H18ClN3O2/c1-12-19-17(23-20-12)14-3-2-10-21(11-14)16(22)9-6-13-4-7-15(18)8-5-13/h4-9,14H,2-3,10-11H2,1H3/b9-6+/t14-/m0/s1. The van der Waals surface area contributed by atoms with Crippen LogP contribution in [0.3, 0.4) is 0 Å². The van der Waals surface area contributed by atoms with Crippen molar-refractivity contribution >= 4 is 23.6 Å². The summed E-state index contributed by atoms with van der Waals surface area (Å²) in [5.41, 5.74) is 0.948. The number of benzene rings is 1. The van der Waals surface area contributed by atoms with Crippen LogP contribution in [0.5, 0.6) is 0 Å². The molecule has 2 aromatic rings. The van der Waals surface area contributed by atoms with E-state index in [2.05, 4.69) is 10.1 Å². The largest absolute Gasteiger partial charge is 0.339 e. The van der Waals surface area contributed by atoms with E-state index in [9.17, 15) is 4.79 Å². The average Bonchev–Trinajstić information content (AvgIpc) is 3.01. The summed E-state index contributed by atoms with van der Waals surface area (Å²) in [6, 6.07) is 7.37. The second kappa shape index (κ2) is 6.96. The van der Waals surface area contributed by atoms with Crippen molar-refractivity contribution in [3.05, 3.63) is 52.6 Å². The molecule has 1 aliphatic rings. The number of carbonyl (C=O) groups is 1. The molecule has 0 spiro atoms. The number of piperidine rings is 1. The highest BCUT2D eigenvalue weighted by atomic mass is 35.5. The number of aromatic nitrogens is 2. The second-order valence-electron chi connectivity index (χ2n) is 5.69. The molecule has 0 aliphatic carbocycles. The van der Waals surface area contributed by atoms with Crippen LogP contribution in [-0.2, 0) is 4.79 Å². The Labute approximate surface area is 139 Å². The lowest BCUT2D eigenvalue weighted by Crippen LogP contribution is -2.38. The molecule has 0 bridgehead atoms. The van der Waals surface area contributed by atoms with Crippen molar-refractivity contribution in [2.75, 3.05) is 13.1 Å². The first-order chi connectivity index (χ1) is 11.1. The summed E-state index contributed by atoms with van der Waals surface area (Å²) in [6.45, 7) is 3.17. The maximum Gasteiger partial charge on any atom is 0.246 e. The SMILES string of the molecule is Cc1noc([C@H]2CCCN(C(=O)/C=C/c3ccc(Cl)cc3)C2)n1. The number of hydrogen-bond acceptors (Lipinski definition) is 4. The summed E-state index contributed by atoms with van der Waals surface area (Å²) in [5.74, 6) is 1.38. The number of carbonyl (C=O) groups excluding carboxylic acids is 1. The molecule has 0 saturated carbocycles. The molecule has 3 rings (SSSR count). The fourth-order valence-corrected chi connectivity index (χ4v) is 2.83. The third-order valence-electron chi connectivity index (χ3n) is 3.91. The van der Waals surface area contributed by atoms with E-state index in [0.29, 0.717) is 23.3 Å². The fraction of sp³-hybridized carbons (Fsp3) is 0.353. The molecule has 1 fully saturated rings. The third kappa shape index (κ3) is 3.99. The molecule has 6 heteroatoms. The maximum atomic E-state index is 12.4. The van der Waals surface area contributed by atoms with Crippen molar-refractivity contribution in [2.24, 2.45) is 0 Å². The average molecular weight is 332 g/mol. The van der Waals surface area contributed by atoms with Gasteiger partial charge in [0.2, 0.25) is 11.8 Å². The van der Waals surface area contributed by atoms with E-state index in [1.54, 1.807) is 31.2 Å². The van der Waals surface area contributed by atoms with Gasteiger partial charge in [0.15, 0.2) is 5.82 Å². The lowest BCUT2D eigenvalue weighted by atomic mass is 9.98. The zero-order chi connectivity index (χ0) is 16.2. The lowest BCUT2D eigenvalue weighted by Gasteiger charge is -2.30. The Kier molecular flexibility index (Phi) is 4.76. The Morgan fingerprint density at radius 3 is 2.87 bits per heavy atom. The number of halogens is 1. The molecule has 0 radical (unpaired) electrons. The van der Waals surface area contributed by atoms with Gasteiger partial charge in [-0.1, -0.05) is 28.9 Å². The molecule has 1 aromatic carbocycles. The normalized spacial score (nSPS) is 18.5. The van der Waals surface area contributed by atoms with Crippen molar-refractivity contribution in [3.63, 3.8) is 0 Å². The van der Waals surface area contributed by atoms with Gasteiger partial charge >= 0.3 is 0 Å². The molecule has 1 atom stereocenters. The molecule has 23 heavy (non-hydrogen) atoms. The van der Waals surface area contributed by atoms with Gasteiger partial charge in [0.25, 0.3) is 0 Å². The van der Waals surface area contributed by atoms with E-state index in [1.807, 2.05) is 17.0 Å². The number of hydrogen-bond donors (Lipinski definition) is 0. The predicted octanol–water partition coefficient (Wildman–Crippen LogP) is 3.45. The van der Waals surface area contributed by atoms with Crippen LogP contribution in [0.4, 0.5) is 0 Å². The Hall–Kier alpha value is -2.14. The van der Waals surface area contributed by atoms with Gasteiger partial charge in [0, 0.05) is 24.2 Å². The highest BCUT2D eigenvalue weighted by molar-refractivity contribution is 6.30. The van der Waals surface area contributed by atoms with E-state index < -0.39 is 0 Å². The van der Waals surface area contributed by atoms with E-state index in [4.69, 9.17) is 16.1 Å². The van der Waals surface area contributed by atoms with Crippen molar-refractivity contribution < 1.29 is 9.32 Å². The first-order valence-electron chi connectivity index (χ1n) is 7.64. The monoisotopic (exact) mass is 331 g/mol. The van der Waals surface area contributed by atoms with Crippen molar-refractivity contribution in [3.8, 4) is 0 Å². The minimum atomic E-state index is 0.000822. The Balaban J connectivity index is 1.63. The van der Waals surface area contributed by atoms with Crippen LogP contribution in [0, 0.1) is 6.92 Å². The number of amides is 1. The van der Waals surface area contributed by atoms with Crippen molar-refractivity contribution in [2.45, 2.75) is 25.7 Å². The van der Waals surface area contributed by atoms with Gasteiger partial charge in [-0.2, -0.15) is 4.98 Å². The molecular formula is C17H18ClN3O2. The highest BCUT2D eigenvalue weighted by Gasteiger charge is 2.27. The van der Waals surface area contributed by atoms with Gasteiger partial charge in [-0.05, 0) is 43.5 Å². The Bertz CT molecular complexity index is 709. The molecule has 0 N–H and O–H groups in total. The number of aryl methyl sites for hydroxylation is 1. The van der Waals surface area contributed by atoms with Crippen molar-refractivity contribution in [1.29, 1.82) is 0 Å². The third-order valence-corrected chi connectivity index (χ3v) is 4.17. The number of nitrogens with zero attached hydrogens (tertiary/aromatic N) is 3. The van der Waals surface area contributed by atoms with Gasteiger partial charge in [-0.15, -0.1) is 0 Å². The van der Waals surface area contributed by atoms with Crippen LogP contribution in [0.2, 0.25) is 5.02 Å². The molecule has 1 aromatic heterocycles. The molecule has 1 aliphatic heterocycles. The number of rotatable bonds is 3. The summed E-state index contributed by atoms with van der Waals surface area (Å²) in [4.78, 5) is 18.5. The molecule has 120 valence electrons. The molecule has 0 unspecified atom stereocenters. The first-order valence-corrected chi connectivity index (χ1v) is 8.02. The zero-order valence-corrected chi connectivity index (χ0v) is 13.7. The van der Waals surface area contributed by atoms with Crippen LogP contribution in [-0.4, -0.2) is 34.0 Å². The quantitative estimate of drug-likeness (QED) is 0.808. The van der Waals surface area contributed by atoms with Gasteiger partial charge in [-0.3, -0.25) is 4.79 Å². The van der Waals surface area contributed by atoms with E-state index in [-0.39, 0.29) is 11.8 Å². The van der Waals surface area contributed by atoms with E-state index >= 15 is 0 Å². The van der Waals surface area contributed by atoms with Gasteiger partial charge in [0.1, 0.15) is 0 Å². The second-order valence-corrected chi connectivity index (χ2v) is 6.12. The van der Waals surface area contributed by atoms with Gasteiger partial charge in [0.05, 0.1) is 5.92 Å². The molecular weight excluding hydrogens is 314 g/mol. The van der Waals surface area contributed by atoms with Gasteiger partial charge < -0.3 is 9.42 Å². The Morgan fingerprint density at radius 2 is 2.17 bits per heavy atom. The van der Waals surface area contributed by atoms with Crippen LogP contribution >= 0.6 is 11.6 Å². The summed E-state index contributed by atoms with van der Waals surface area (Å²) in [6.07, 6.45) is 5.31. The fourth-order valence-electron chi connectivity index (χ4n) is 2.70. The predicted molar refractivity (Wildman–Crippen MR) is 88.1 cm³/mol. The van der Waals surface area contributed by atoms with E-state index in [1.165, 1.54) is 0 Å². The van der Waals surface area contributed by atoms with Crippen LogP contribution in [0.25, 0.3) is 6.08 Å².